The highest BCUT2D eigenvalue weighted by Crippen LogP contribution is 2.23. The van der Waals surface area contributed by atoms with Crippen LogP contribution in [0.5, 0.6) is 0 Å². The Kier molecular flexibility index (Phi) is 6.80. The second kappa shape index (κ2) is 8.11. The van der Waals surface area contributed by atoms with Crippen LogP contribution in [-0.2, 0) is 20.8 Å². The Morgan fingerprint density at radius 3 is 2.80 bits per heavy atom. The van der Waals surface area contributed by atoms with E-state index in [0.717, 1.165) is 10.5 Å². The Hall–Kier alpha value is -1.28. The highest BCUT2D eigenvalue weighted by molar-refractivity contribution is 7.98. The van der Waals surface area contributed by atoms with Gasteiger partial charge in [-0.1, -0.05) is 11.6 Å². The molecule has 0 aliphatic carbocycles. The standard InChI is InChI=1S/C12H16ClN3O3S/c1-20-8-2-3-9(13)7(4-8)5-10(14)12(18)16-19-6-11(15)17/h2-4,10H,5-6,14H2,1H3,(H2,15,17)(H,16,18). The van der Waals surface area contributed by atoms with Gasteiger partial charge in [0.1, 0.15) is 0 Å². The maximum atomic E-state index is 11.6. The summed E-state index contributed by atoms with van der Waals surface area (Å²) in [5.74, 6) is -1.23. The van der Waals surface area contributed by atoms with E-state index in [1.807, 2.05) is 18.4 Å². The van der Waals surface area contributed by atoms with Crippen molar-refractivity contribution >= 4 is 35.2 Å². The molecule has 1 aromatic carbocycles. The van der Waals surface area contributed by atoms with Gasteiger partial charge in [-0.15, -0.1) is 11.8 Å². The molecule has 0 aromatic heterocycles. The van der Waals surface area contributed by atoms with Gasteiger partial charge in [0.05, 0.1) is 6.04 Å². The van der Waals surface area contributed by atoms with E-state index in [0.29, 0.717) is 5.02 Å². The lowest BCUT2D eigenvalue weighted by Crippen LogP contribution is -2.43. The third kappa shape index (κ3) is 5.38. The highest BCUT2D eigenvalue weighted by atomic mass is 35.5. The van der Waals surface area contributed by atoms with Gasteiger partial charge < -0.3 is 11.5 Å². The molecule has 8 heteroatoms. The topological polar surface area (TPSA) is 107 Å². The smallest absolute Gasteiger partial charge is 0.260 e. The Morgan fingerprint density at radius 1 is 1.50 bits per heavy atom. The molecule has 2 amide bonds. The third-order valence-electron chi connectivity index (χ3n) is 2.42. The Labute approximate surface area is 126 Å². The molecule has 0 heterocycles. The highest BCUT2D eigenvalue weighted by Gasteiger charge is 2.16. The first-order valence-corrected chi connectivity index (χ1v) is 7.32. The minimum atomic E-state index is -0.836. The van der Waals surface area contributed by atoms with Gasteiger partial charge in [-0.25, -0.2) is 5.48 Å². The summed E-state index contributed by atoms with van der Waals surface area (Å²) in [7, 11) is 0. The SMILES string of the molecule is CSc1ccc(Cl)c(CC(N)C(=O)NOCC(N)=O)c1. The van der Waals surface area contributed by atoms with Crippen molar-refractivity contribution in [1.82, 2.24) is 5.48 Å². The number of nitrogens with one attached hydrogen (secondary N) is 1. The molecular weight excluding hydrogens is 302 g/mol. The lowest BCUT2D eigenvalue weighted by Gasteiger charge is -2.13. The summed E-state index contributed by atoms with van der Waals surface area (Å²) < 4.78 is 0. The molecule has 0 spiro atoms. The van der Waals surface area contributed by atoms with E-state index in [1.54, 1.807) is 17.8 Å². The molecular formula is C12H16ClN3O3S. The zero-order valence-electron chi connectivity index (χ0n) is 10.9. The molecule has 6 nitrogen and oxygen atoms in total. The van der Waals surface area contributed by atoms with E-state index < -0.39 is 24.5 Å². The maximum Gasteiger partial charge on any atom is 0.260 e. The summed E-state index contributed by atoms with van der Waals surface area (Å²) in [5.41, 5.74) is 13.5. The van der Waals surface area contributed by atoms with Crippen LogP contribution in [0, 0.1) is 0 Å². The van der Waals surface area contributed by atoms with Crippen molar-refractivity contribution in [3.05, 3.63) is 28.8 Å². The van der Waals surface area contributed by atoms with Crippen molar-refractivity contribution in [2.45, 2.75) is 17.4 Å². The molecule has 0 radical (unpaired) electrons. The average Bonchev–Trinajstić information content (AvgIpc) is 2.40. The van der Waals surface area contributed by atoms with Crippen molar-refractivity contribution in [2.24, 2.45) is 11.5 Å². The zero-order valence-corrected chi connectivity index (χ0v) is 12.5. The van der Waals surface area contributed by atoms with Crippen molar-refractivity contribution in [2.75, 3.05) is 12.9 Å². The molecule has 110 valence electrons. The summed E-state index contributed by atoms with van der Waals surface area (Å²) >= 11 is 7.63. The number of benzene rings is 1. The number of hydrogen-bond acceptors (Lipinski definition) is 5. The molecule has 0 saturated carbocycles. The molecule has 1 unspecified atom stereocenters. The summed E-state index contributed by atoms with van der Waals surface area (Å²) in [6.45, 7) is -0.402. The van der Waals surface area contributed by atoms with Crippen LogP contribution in [0.1, 0.15) is 5.56 Å². The fraction of sp³-hybridized carbons (Fsp3) is 0.333. The fourth-order valence-corrected chi connectivity index (χ4v) is 2.08. The van der Waals surface area contributed by atoms with Gasteiger partial charge in [-0.05, 0) is 36.4 Å². The van der Waals surface area contributed by atoms with Crippen LogP contribution < -0.4 is 16.9 Å². The van der Waals surface area contributed by atoms with Gasteiger partial charge in [-0.2, -0.15) is 0 Å². The van der Waals surface area contributed by atoms with Gasteiger partial charge in [0.25, 0.3) is 5.91 Å². The molecule has 1 rings (SSSR count). The molecule has 0 aliphatic heterocycles. The van der Waals surface area contributed by atoms with Crippen LogP contribution in [-0.4, -0.2) is 30.7 Å². The molecule has 0 fully saturated rings. The quantitative estimate of drug-likeness (QED) is 0.500. The van der Waals surface area contributed by atoms with Gasteiger partial charge in [-0.3, -0.25) is 14.4 Å². The molecule has 0 aliphatic rings. The first kappa shape index (κ1) is 16.8. The van der Waals surface area contributed by atoms with E-state index in [1.165, 1.54) is 0 Å². The number of nitrogens with two attached hydrogens (primary N) is 2. The van der Waals surface area contributed by atoms with E-state index in [4.69, 9.17) is 23.1 Å². The molecule has 20 heavy (non-hydrogen) atoms. The van der Waals surface area contributed by atoms with E-state index in [2.05, 4.69) is 10.3 Å². The van der Waals surface area contributed by atoms with Crippen LogP contribution in [0.25, 0.3) is 0 Å². The largest absolute Gasteiger partial charge is 0.368 e. The lowest BCUT2D eigenvalue weighted by atomic mass is 10.1. The number of carbonyl (C=O) groups excluding carboxylic acids is 2. The van der Waals surface area contributed by atoms with Crippen LogP contribution in [0.2, 0.25) is 5.02 Å². The monoisotopic (exact) mass is 317 g/mol. The van der Waals surface area contributed by atoms with Crippen molar-refractivity contribution in [3.63, 3.8) is 0 Å². The second-order valence-electron chi connectivity index (χ2n) is 3.99. The summed E-state index contributed by atoms with van der Waals surface area (Å²) in [5, 5.41) is 0.545. The third-order valence-corrected chi connectivity index (χ3v) is 3.51. The van der Waals surface area contributed by atoms with Gasteiger partial charge in [0, 0.05) is 9.92 Å². The maximum absolute atomic E-state index is 11.6. The number of rotatable bonds is 7. The van der Waals surface area contributed by atoms with E-state index >= 15 is 0 Å². The zero-order chi connectivity index (χ0) is 15.1. The first-order chi connectivity index (χ1) is 9.43. The molecule has 1 atom stereocenters. The first-order valence-electron chi connectivity index (χ1n) is 5.72. The number of primary amides is 1. The number of carbonyl (C=O) groups is 2. The Morgan fingerprint density at radius 2 is 2.20 bits per heavy atom. The fourth-order valence-electron chi connectivity index (χ4n) is 1.42. The molecule has 0 bridgehead atoms. The van der Waals surface area contributed by atoms with Gasteiger partial charge in [0.2, 0.25) is 5.91 Å². The van der Waals surface area contributed by atoms with Crippen molar-refractivity contribution in [1.29, 1.82) is 0 Å². The number of halogens is 1. The van der Waals surface area contributed by atoms with E-state index in [-0.39, 0.29) is 6.42 Å². The summed E-state index contributed by atoms with van der Waals surface area (Å²) in [6, 6.07) is 4.69. The number of hydroxylamine groups is 1. The summed E-state index contributed by atoms with van der Waals surface area (Å²) in [4.78, 5) is 27.7. The van der Waals surface area contributed by atoms with Gasteiger partial charge >= 0.3 is 0 Å². The second-order valence-corrected chi connectivity index (χ2v) is 5.28. The van der Waals surface area contributed by atoms with Crippen LogP contribution in [0.3, 0.4) is 0 Å². The van der Waals surface area contributed by atoms with Crippen LogP contribution >= 0.6 is 23.4 Å². The Bertz CT molecular complexity index is 499. The van der Waals surface area contributed by atoms with Crippen molar-refractivity contribution in [3.8, 4) is 0 Å². The number of hydrogen-bond donors (Lipinski definition) is 3. The van der Waals surface area contributed by atoms with Crippen LogP contribution in [0.15, 0.2) is 23.1 Å². The number of amides is 2. The van der Waals surface area contributed by atoms with Crippen LogP contribution in [0.4, 0.5) is 0 Å². The minimum absolute atomic E-state index is 0.263. The van der Waals surface area contributed by atoms with Crippen molar-refractivity contribution < 1.29 is 14.4 Å². The minimum Gasteiger partial charge on any atom is -0.368 e. The molecule has 1 aromatic rings. The predicted molar refractivity (Wildman–Crippen MR) is 78.2 cm³/mol. The predicted octanol–water partition coefficient (Wildman–Crippen LogP) is 0.465. The number of thioether (sulfide) groups is 1. The Balaban J connectivity index is 2.58. The molecule has 0 saturated heterocycles. The van der Waals surface area contributed by atoms with E-state index in [9.17, 15) is 9.59 Å². The van der Waals surface area contributed by atoms with Gasteiger partial charge in [0.15, 0.2) is 6.61 Å². The normalized spacial score (nSPS) is 11.9. The lowest BCUT2D eigenvalue weighted by molar-refractivity contribution is -0.138. The molecule has 5 N–H and O–H groups in total. The summed E-state index contributed by atoms with van der Waals surface area (Å²) in [6.07, 6.45) is 2.20. The average molecular weight is 318 g/mol.